The van der Waals surface area contributed by atoms with Crippen LogP contribution in [0.3, 0.4) is 0 Å². The van der Waals surface area contributed by atoms with E-state index in [1.165, 1.54) is 11.3 Å². The summed E-state index contributed by atoms with van der Waals surface area (Å²) in [6.07, 6.45) is 4.25. The topological polar surface area (TPSA) is 83.1 Å². The van der Waals surface area contributed by atoms with Crippen LogP contribution in [0.15, 0.2) is 40.9 Å². The van der Waals surface area contributed by atoms with Gasteiger partial charge in [0.1, 0.15) is 5.01 Å². The zero-order chi connectivity index (χ0) is 17.6. The Labute approximate surface area is 149 Å². The van der Waals surface area contributed by atoms with E-state index in [2.05, 4.69) is 21.6 Å². The van der Waals surface area contributed by atoms with Crippen molar-refractivity contribution in [3.63, 3.8) is 0 Å². The summed E-state index contributed by atoms with van der Waals surface area (Å²) in [4.78, 5) is 16.2. The van der Waals surface area contributed by atoms with Gasteiger partial charge in [-0.05, 0) is 13.0 Å². The van der Waals surface area contributed by atoms with E-state index in [-0.39, 0.29) is 12.3 Å². The number of thiazole rings is 1. The maximum Gasteiger partial charge on any atom is 0.246 e. The molecule has 2 aromatic heterocycles. The number of benzene rings is 1. The Morgan fingerprint density at radius 1 is 1.48 bits per heavy atom. The Balaban J connectivity index is 1.70. The maximum absolute atomic E-state index is 11.9. The van der Waals surface area contributed by atoms with Gasteiger partial charge >= 0.3 is 0 Å². The fourth-order valence-electron chi connectivity index (χ4n) is 2.57. The first-order valence-electron chi connectivity index (χ1n) is 7.85. The molecule has 25 heavy (non-hydrogen) atoms. The van der Waals surface area contributed by atoms with Crippen molar-refractivity contribution < 1.29 is 4.79 Å². The summed E-state index contributed by atoms with van der Waals surface area (Å²) in [7, 11) is 0. The monoisotopic (exact) mass is 351 g/mol. The number of aromatic nitrogens is 2. The minimum absolute atomic E-state index is 0.196. The molecule has 6 nitrogen and oxygen atoms in total. The van der Waals surface area contributed by atoms with Crippen molar-refractivity contribution in [2.45, 2.75) is 26.3 Å². The second kappa shape index (κ2) is 7.73. The molecule has 0 atom stereocenters. The Hall–Kier alpha value is -2.98. The van der Waals surface area contributed by atoms with E-state index < -0.39 is 0 Å². The van der Waals surface area contributed by atoms with Gasteiger partial charge in [-0.25, -0.2) is 10.4 Å². The van der Waals surface area contributed by atoms with Gasteiger partial charge in [-0.15, -0.1) is 11.3 Å². The number of hydrogen-bond acceptors (Lipinski definition) is 5. The summed E-state index contributed by atoms with van der Waals surface area (Å²) in [5.41, 5.74) is 5.41. The van der Waals surface area contributed by atoms with Crippen LogP contribution >= 0.6 is 11.3 Å². The number of rotatable bonds is 6. The fraction of sp³-hybridized carbons (Fsp3) is 0.222. The molecule has 0 radical (unpaired) electrons. The third-order valence-corrected chi connectivity index (χ3v) is 4.62. The van der Waals surface area contributed by atoms with Gasteiger partial charge in [0.05, 0.1) is 25.1 Å². The first kappa shape index (κ1) is 16.9. The molecule has 0 aliphatic heterocycles. The molecule has 1 amide bonds. The van der Waals surface area contributed by atoms with Crippen molar-refractivity contribution in [2.24, 2.45) is 5.10 Å². The van der Waals surface area contributed by atoms with Crippen LogP contribution in [0.25, 0.3) is 10.9 Å². The number of nitrogens with zero attached hydrogens (tertiary/aromatic N) is 4. The Kier molecular flexibility index (Phi) is 5.21. The Morgan fingerprint density at radius 2 is 2.32 bits per heavy atom. The molecular formula is C18H17N5OS. The number of hydrogen-bond donors (Lipinski definition) is 1. The number of carbonyl (C=O) groups excluding carboxylic acids is 1. The molecule has 0 saturated heterocycles. The first-order valence-corrected chi connectivity index (χ1v) is 8.73. The van der Waals surface area contributed by atoms with Crippen LogP contribution in [0.2, 0.25) is 0 Å². The van der Waals surface area contributed by atoms with Crippen LogP contribution in [0, 0.1) is 18.3 Å². The maximum atomic E-state index is 11.9. The summed E-state index contributed by atoms with van der Waals surface area (Å²) < 4.78 is 2.03. The zero-order valence-corrected chi connectivity index (χ0v) is 14.6. The third-order valence-electron chi connectivity index (χ3n) is 3.66. The van der Waals surface area contributed by atoms with Crippen molar-refractivity contribution in [1.29, 1.82) is 5.26 Å². The molecule has 1 N–H and O–H groups in total. The van der Waals surface area contributed by atoms with Crippen molar-refractivity contribution in [3.05, 3.63) is 52.1 Å². The minimum Gasteiger partial charge on any atom is -0.346 e. The lowest BCUT2D eigenvalue weighted by atomic mass is 10.2. The average Bonchev–Trinajstić information content (AvgIpc) is 3.17. The lowest BCUT2D eigenvalue weighted by molar-refractivity contribution is -0.120. The van der Waals surface area contributed by atoms with Crippen molar-refractivity contribution in [1.82, 2.24) is 15.0 Å². The summed E-state index contributed by atoms with van der Waals surface area (Å²) in [5, 5.41) is 16.6. The van der Waals surface area contributed by atoms with Crippen molar-refractivity contribution >= 4 is 34.4 Å². The molecule has 0 aliphatic rings. The van der Waals surface area contributed by atoms with Gasteiger partial charge in [0.15, 0.2) is 0 Å². The molecule has 3 aromatic rings. The molecule has 0 saturated carbocycles. The molecular weight excluding hydrogens is 334 g/mol. The summed E-state index contributed by atoms with van der Waals surface area (Å²) in [6, 6.07) is 10.1. The number of para-hydroxylation sites is 1. The molecule has 3 rings (SSSR count). The fourth-order valence-corrected chi connectivity index (χ4v) is 3.34. The van der Waals surface area contributed by atoms with E-state index in [0.717, 1.165) is 27.2 Å². The SMILES string of the molecule is Cc1csc(CC(=O)N/N=C\c2cn(CCC#N)c3ccccc23)n1. The standard InChI is InChI=1S/C18H17N5OS/c1-13-12-25-18(21-13)9-17(24)22-20-10-14-11-23(8-4-7-19)16-6-3-2-5-15(14)16/h2-3,5-6,10-12H,4,8-9H2,1H3,(H,22,24)/b20-10-. The van der Waals surface area contributed by atoms with E-state index in [0.29, 0.717) is 13.0 Å². The summed E-state index contributed by atoms with van der Waals surface area (Å²) >= 11 is 1.47. The molecule has 2 heterocycles. The second-order valence-electron chi connectivity index (χ2n) is 5.56. The Bertz CT molecular complexity index is 963. The highest BCUT2D eigenvalue weighted by Crippen LogP contribution is 2.20. The highest BCUT2D eigenvalue weighted by Gasteiger charge is 2.08. The van der Waals surface area contributed by atoms with Crippen LogP contribution in [0.1, 0.15) is 22.7 Å². The third kappa shape index (κ3) is 4.11. The number of aryl methyl sites for hydroxylation is 2. The number of nitriles is 1. The van der Waals surface area contributed by atoms with Crippen LogP contribution in [-0.4, -0.2) is 21.7 Å². The van der Waals surface area contributed by atoms with Gasteiger partial charge in [-0.1, -0.05) is 18.2 Å². The van der Waals surface area contributed by atoms with Crippen LogP contribution in [-0.2, 0) is 17.8 Å². The highest BCUT2D eigenvalue weighted by atomic mass is 32.1. The van der Waals surface area contributed by atoms with E-state index in [1.54, 1.807) is 6.21 Å². The van der Waals surface area contributed by atoms with Crippen LogP contribution in [0.4, 0.5) is 0 Å². The second-order valence-corrected chi connectivity index (χ2v) is 6.50. The molecule has 0 aliphatic carbocycles. The molecule has 0 spiro atoms. The minimum atomic E-state index is -0.196. The van der Waals surface area contributed by atoms with E-state index in [4.69, 9.17) is 5.26 Å². The van der Waals surface area contributed by atoms with Gasteiger partial charge < -0.3 is 4.57 Å². The predicted molar refractivity (Wildman–Crippen MR) is 98.5 cm³/mol. The van der Waals surface area contributed by atoms with Gasteiger partial charge in [0, 0.05) is 40.3 Å². The smallest absolute Gasteiger partial charge is 0.246 e. The van der Waals surface area contributed by atoms with E-state index in [1.807, 2.05) is 47.3 Å². The van der Waals surface area contributed by atoms with Crippen molar-refractivity contribution in [2.75, 3.05) is 0 Å². The predicted octanol–water partition coefficient (Wildman–Crippen LogP) is 3.01. The zero-order valence-electron chi connectivity index (χ0n) is 13.8. The molecule has 0 bridgehead atoms. The number of amides is 1. The van der Waals surface area contributed by atoms with Gasteiger partial charge in [-0.3, -0.25) is 4.79 Å². The summed E-state index contributed by atoms with van der Waals surface area (Å²) in [6.45, 7) is 2.53. The molecule has 126 valence electrons. The van der Waals surface area contributed by atoms with Crippen LogP contribution in [0.5, 0.6) is 0 Å². The average molecular weight is 351 g/mol. The van der Waals surface area contributed by atoms with Crippen LogP contribution < -0.4 is 5.43 Å². The molecule has 7 heteroatoms. The first-order chi connectivity index (χ1) is 12.2. The van der Waals surface area contributed by atoms with Gasteiger partial charge in [0.25, 0.3) is 0 Å². The van der Waals surface area contributed by atoms with Gasteiger partial charge in [-0.2, -0.15) is 10.4 Å². The number of hydrazone groups is 1. The lowest BCUT2D eigenvalue weighted by Gasteiger charge is -2.00. The largest absolute Gasteiger partial charge is 0.346 e. The Morgan fingerprint density at radius 3 is 3.08 bits per heavy atom. The normalized spacial score (nSPS) is 11.0. The molecule has 0 unspecified atom stereocenters. The highest BCUT2D eigenvalue weighted by molar-refractivity contribution is 7.09. The van der Waals surface area contributed by atoms with Gasteiger partial charge in [0.2, 0.25) is 5.91 Å². The van der Waals surface area contributed by atoms with E-state index in [9.17, 15) is 4.79 Å². The quantitative estimate of drug-likeness (QED) is 0.547. The number of fused-ring (bicyclic) bond motifs is 1. The van der Waals surface area contributed by atoms with Crippen molar-refractivity contribution in [3.8, 4) is 6.07 Å². The number of nitrogens with one attached hydrogen (secondary N) is 1. The summed E-state index contributed by atoms with van der Waals surface area (Å²) in [5.74, 6) is -0.196. The number of carbonyl (C=O) groups is 1. The molecule has 0 fully saturated rings. The molecule has 1 aromatic carbocycles. The lowest BCUT2D eigenvalue weighted by Crippen LogP contribution is -2.19. The van der Waals surface area contributed by atoms with E-state index >= 15 is 0 Å².